The lowest BCUT2D eigenvalue weighted by Gasteiger charge is -2.28. The molecule has 0 amide bonds. The summed E-state index contributed by atoms with van der Waals surface area (Å²) in [5.74, 6) is 0.757. The Bertz CT molecular complexity index is 2270. The molecular formula is C45H38. The third-order valence-corrected chi connectivity index (χ3v) is 9.93. The van der Waals surface area contributed by atoms with Crippen LogP contribution in [-0.2, 0) is 5.41 Å². The zero-order valence-corrected chi connectivity index (χ0v) is 26.5. The molecule has 0 aliphatic heterocycles. The van der Waals surface area contributed by atoms with Crippen LogP contribution in [0.5, 0.6) is 0 Å². The first-order valence-electron chi connectivity index (χ1n) is 16.2. The number of fused-ring (bicyclic) bond motifs is 7. The van der Waals surface area contributed by atoms with Gasteiger partial charge in [0.1, 0.15) is 0 Å². The first-order chi connectivity index (χ1) is 21.9. The van der Waals surface area contributed by atoms with Crippen molar-refractivity contribution in [3.05, 3.63) is 162 Å². The van der Waals surface area contributed by atoms with Crippen LogP contribution >= 0.6 is 0 Å². The third kappa shape index (κ3) is 4.68. The maximum Gasteiger partial charge on any atom is 0.00936 e. The van der Waals surface area contributed by atoms with Crippen molar-refractivity contribution in [2.75, 3.05) is 0 Å². The van der Waals surface area contributed by atoms with Gasteiger partial charge in [-0.1, -0.05) is 167 Å². The molecular weight excluding hydrogens is 540 g/mol. The standard InChI is InChI=1S/C45H38/c1-29-17-18-32(27-42(29)39-25-26-44(45(2,3)4)41-16-10-9-14-37(39)41)30-19-21-31(22-20-30)33-23-24-40-36-13-6-5-11-34(36)35-12-7-8-15-38(35)43(40)28-33/h5-29,42H,1-4H3. The molecule has 0 heteroatoms. The summed E-state index contributed by atoms with van der Waals surface area (Å²) in [6, 6.07) is 47.4. The van der Waals surface area contributed by atoms with Crippen LogP contribution in [0.1, 0.15) is 50.3 Å². The second kappa shape index (κ2) is 10.6. The van der Waals surface area contributed by atoms with E-state index < -0.39 is 0 Å². The van der Waals surface area contributed by atoms with Gasteiger partial charge in [0.05, 0.1) is 0 Å². The molecule has 8 rings (SSSR count). The van der Waals surface area contributed by atoms with E-state index in [4.69, 9.17) is 0 Å². The molecule has 1 aliphatic carbocycles. The van der Waals surface area contributed by atoms with E-state index in [0.717, 1.165) is 0 Å². The van der Waals surface area contributed by atoms with Crippen molar-refractivity contribution in [3.8, 4) is 11.1 Å². The fraction of sp³-hybridized carbons (Fsp3) is 0.156. The number of benzene rings is 7. The lowest BCUT2D eigenvalue weighted by atomic mass is 9.76. The van der Waals surface area contributed by atoms with Crippen LogP contribution in [0.3, 0.4) is 0 Å². The molecule has 1 aliphatic rings. The smallest absolute Gasteiger partial charge is 0.00936 e. The van der Waals surface area contributed by atoms with Crippen LogP contribution in [-0.4, -0.2) is 0 Å². The first kappa shape index (κ1) is 27.6. The molecule has 0 aromatic heterocycles. The molecule has 0 bridgehead atoms. The summed E-state index contributed by atoms with van der Waals surface area (Å²) in [6.45, 7) is 9.27. The molecule has 0 spiro atoms. The second-order valence-electron chi connectivity index (χ2n) is 13.8. The van der Waals surface area contributed by atoms with Gasteiger partial charge in [-0.15, -0.1) is 0 Å². The average Bonchev–Trinajstić information content (AvgIpc) is 3.07. The van der Waals surface area contributed by atoms with Gasteiger partial charge in [-0.25, -0.2) is 0 Å². The van der Waals surface area contributed by atoms with Crippen molar-refractivity contribution < 1.29 is 0 Å². The Labute approximate surface area is 266 Å². The quantitative estimate of drug-likeness (QED) is 0.183. The molecule has 0 radical (unpaired) electrons. The van der Waals surface area contributed by atoms with Crippen molar-refractivity contribution in [3.63, 3.8) is 0 Å². The van der Waals surface area contributed by atoms with Crippen LogP contribution in [0.2, 0.25) is 0 Å². The Morgan fingerprint density at radius 1 is 0.467 bits per heavy atom. The molecule has 45 heavy (non-hydrogen) atoms. The molecule has 0 heterocycles. The van der Waals surface area contributed by atoms with E-state index in [2.05, 4.69) is 173 Å². The minimum atomic E-state index is 0.102. The van der Waals surface area contributed by atoms with Crippen LogP contribution in [0, 0.1) is 5.92 Å². The van der Waals surface area contributed by atoms with Gasteiger partial charge in [0, 0.05) is 5.92 Å². The van der Waals surface area contributed by atoms with E-state index >= 15 is 0 Å². The summed E-state index contributed by atoms with van der Waals surface area (Å²) < 4.78 is 0. The second-order valence-corrected chi connectivity index (χ2v) is 13.8. The average molecular weight is 579 g/mol. The summed E-state index contributed by atoms with van der Waals surface area (Å²) in [7, 11) is 0. The van der Waals surface area contributed by atoms with Crippen LogP contribution in [0.15, 0.2) is 146 Å². The molecule has 0 fully saturated rings. The van der Waals surface area contributed by atoms with E-state index in [1.807, 2.05) is 0 Å². The normalized spacial score (nSPS) is 16.9. The molecule has 2 atom stereocenters. The topological polar surface area (TPSA) is 0 Å². The highest BCUT2D eigenvalue weighted by Gasteiger charge is 2.24. The van der Waals surface area contributed by atoms with E-state index in [0.29, 0.717) is 11.8 Å². The fourth-order valence-electron chi connectivity index (χ4n) is 7.55. The Morgan fingerprint density at radius 2 is 0.978 bits per heavy atom. The fourth-order valence-corrected chi connectivity index (χ4v) is 7.55. The van der Waals surface area contributed by atoms with Crippen LogP contribution in [0.25, 0.3) is 59.8 Å². The van der Waals surface area contributed by atoms with Gasteiger partial charge in [-0.3, -0.25) is 0 Å². The number of rotatable bonds is 3. The van der Waals surface area contributed by atoms with Crippen LogP contribution in [0.4, 0.5) is 0 Å². The molecule has 0 saturated carbocycles. The monoisotopic (exact) mass is 578 g/mol. The molecule has 7 aromatic rings. The van der Waals surface area contributed by atoms with E-state index in [1.54, 1.807) is 0 Å². The van der Waals surface area contributed by atoms with Crippen molar-refractivity contribution >= 4 is 48.7 Å². The summed E-state index contributed by atoms with van der Waals surface area (Å²) in [4.78, 5) is 0. The predicted molar refractivity (Wildman–Crippen MR) is 196 cm³/mol. The summed E-state index contributed by atoms with van der Waals surface area (Å²) >= 11 is 0. The molecule has 2 unspecified atom stereocenters. The molecule has 0 saturated heterocycles. The van der Waals surface area contributed by atoms with Crippen molar-refractivity contribution in [2.24, 2.45) is 5.92 Å². The highest BCUT2D eigenvalue weighted by Crippen LogP contribution is 2.42. The highest BCUT2D eigenvalue weighted by atomic mass is 14.3. The zero-order valence-electron chi connectivity index (χ0n) is 26.5. The largest absolute Gasteiger partial charge is 0.0802 e. The highest BCUT2D eigenvalue weighted by molar-refractivity contribution is 6.25. The number of hydrogen-bond donors (Lipinski definition) is 0. The maximum atomic E-state index is 2.49. The lowest BCUT2D eigenvalue weighted by Crippen LogP contribution is -2.14. The van der Waals surface area contributed by atoms with Crippen molar-refractivity contribution in [1.29, 1.82) is 0 Å². The SMILES string of the molecule is CC1C=CC(c2ccc(-c3ccc4c5ccccc5c5ccccc5c4c3)cc2)=CC1c1ccc(C(C)(C)C)c2ccccc12. The maximum absolute atomic E-state index is 2.49. The van der Waals surface area contributed by atoms with Gasteiger partial charge < -0.3 is 0 Å². The molecule has 7 aromatic carbocycles. The number of hydrogen-bond acceptors (Lipinski definition) is 0. The van der Waals surface area contributed by atoms with E-state index in [1.165, 1.54) is 76.5 Å². The lowest BCUT2D eigenvalue weighted by molar-refractivity contribution is 0.594. The van der Waals surface area contributed by atoms with Gasteiger partial charge in [-0.2, -0.15) is 0 Å². The zero-order chi connectivity index (χ0) is 30.7. The third-order valence-electron chi connectivity index (χ3n) is 9.93. The van der Waals surface area contributed by atoms with Gasteiger partial charge in [0.2, 0.25) is 0 Å². The summed E-state index contributed by atoms with van der Waals surface area (Å²) in [5, 5.41) is 10.6. The van der Waals surface area contributed by atoms with Crippen molar-refractivity contribution in [2.45, 2.75) is 39.0 Å². The van der Waals surface area contributed by atoms with Crippen molar-refractivity contribution in [1.82, 2.24) is 0 Å². The van der Waals surface area contributed by atoms with E-state index in [9.17, 15) is 0 Å². The summed E-state index contributed by atoms with van der Waals surface area (Å²) in [5.41, 5.74) is 7.98. The summed E-state index contributed by atoms with van der Waals surface area (Å²) in [6.07, 6.45) is 7.19. The Kier molecular flexibility index (Phi) is 6.50. The van der Waals surface area contributed by atoms with Gasteiger partial charge in [0.15, 0.2) is 0 Å². The van der Waals surface area contributed by atoms with Gasteiger partial charge >= 0.3 is 0 Å². The van der Waals surface area contributed by atoms with E-state index in [-0.39, 0.29) is 5.41 Å². The Balaban J connectivity index is 1.17. The predicted octanol–water partition coefficient (Wildman–Crippen LogP) is 12.6. The van der Waals surface area contributed by atoms with Gasteiger partial charge in [-0.05, 0) is 93.9 Å². The van der Waals surface area contributed by atoms with Crippen LogP contribution < -0.4 is 0 Å². The van der Waals surface area contributed by atoms with Gasteiger partial charge in [0.25, 0.3) is 0 Å². The molecule has 0 nitrogen and oxygen atoms in total. The minimum Gasteiger partial charge on any atom is -0.0802 e. The minimum absolute atomic E-state index is 0.102. The number of allylic oxidation sites excluding steroid dienone is 4. The Hall–Kier alpha value is -4.94. The molecule has 218 valence electrons. The Morgan fingerprint density at radius 3 is 1.60 bits per heavy atom. The molecule has 0 N–H and O–H groups in total. The first-order valence-corrected chi connectivity index (χ1v) is 16.2.